The summed E-state index contributed by atoms with van der Waals surface area (Å²) < 4.78 is 0. The summed E-state index contributed by atoms with van der Waals surface area (Å²) in [6.07, 6.45) is 3.95. The highest BCUT2D eigenvalue weighted by Crippen LogP contribution is 2.26. The second kappa shape index (κ2) is 7.91. The van der Waals surface area contributed by atoms with E-state index in [0.717, 1.165) is 11.3 Å². The molecule has 0 aliphatic carbocycles. The van der Waals surface area contributed by atoms with E-state index in [4.69, 9.17) is 23.2 Å². The molecule has 8 heteroatoms. The van der Waals surface area contributed by atoms with Gasteiger partial charge in [-0.2, -0.15) is 0 Å². The molecular weight excluding hydrogens is 379 g/mol. The molecular formula is C17H14Cl2N4OS. The van der Waals surface area contributed by atoms with Crippen LogP contribution in [0.5, 0.6) is 0 Å². The molecule has 128 valence electrons. The molecule has 2 aromatic heterocycles. The third kappa shape index (κ3) is 4.15. The van der Waals surface area contributed by atoms with Crippen LogP contribution in [0.4, 0.5) is 0 Å². The molecule has 3 aromatic rings. The lowest BCUT2D eigenvalue weighted by molar-refractivity contribution is 0.0954. The fourth-order valence-corrected chi connectivity index (χ4v) is 3.69. The van der Waals surface area contributed by atoms with E-state index in [2.05, 4.69) is 20.3 Å². The number of amides is 1. The fraction of sp³-hybridized carbons (Fsp3) is 0.176. The van der Waals surface area contributed by atoms with Crippen molar-refractivity contribution >= 4 is 40.4 Å². The molecule has 0 bridgehead atoms. The van der Waals surface area contributed by atoms with Crippen LogP contribution in [0.15, 0.2) is 36.7 Å². The summed E-state index contributed by atoms with van der Waals surface area (Å²) in [7, 11) is 0. The van der Waals surface area contributed by atoms with Gasteiger partial charge in [-0.25, -0.2) is 15.0 Å². The molecule has 1 N–H and O–H groups in total. The van der Waals surface area contributed by atoms with Crippen LogP contribution in [0.3, 0.4) is 0 Å². The normalized spacial score (nSPS) is 10.7. The van der Waals surface area contributed by atoms with E-state index in [0.29, 0.717) is 38.7 Å². The van der Waals surface area contributed by atoms with Crippen LogP contribution in [-0.2, 0) is 13.0 Å². The Morgan fingerprint density at radius 2 is 2.00 bits per heavy atom. The second-order valence-corrected chi connectivity index (χ2v) is 6.98. The number of nitrogens with zero attached hydrogens (tertiary/aromatic N) is 3. The van der Waals surface area contributed by atoms with Gasteiger partial charge in [0.2, 0.25) is 0 Å². The summed E-state index contributed by atoms with van der Waals surface area (Å²) in [6, 6.07) is 6.92. The molecule has 25 heavy (non-hydrogen) atoms. The lowest BCUT2D eigenvalue weighted by Crippen LogP contribution is -2.23. The Morgan fingerprint density at radius 1 is 1.24 bits per heavy atom. The van der Waals surface area contributed by atoms with Crippen LogP contribution in [0.25, 0.3) is 10.8 Å². The fourth-order valence-electron chi connectivity index (χ4n) is 2.19. The molecule has 0 atom stereocenters. The predicted molar refractivity (Wildman–Crippen MR) is 100 cm³/mol. The van der Waals surface area contributed by atoms with E-state index in [-0.39, 0.29) is 5.91 Å². The molecule has 0 aliphatic rings. The monoisotopic (exact) mass is 392 g/mol. The SMILES string of the molecule is CCc1nc(-c2ncccn2)sc1C(=O)NCc1ccc(Cl)cc1Cl. The molecule has 0 aliphatic heterocycles. The summed E-state index contributed by atoms with van der Waals surface area (Å²) in [4.78, 5) is 26.0. The Labute approximate surface area is 159 Å². The van der Waals surface area contributed by atoms with Gasteiger partial charge < -0.3 is 5.32 Å². The molecule has 0 saturated heterocycles. The minimum absolute atomic E-state index is 0.192. The molecule has 2 heterocycles. The van der Waals surface area contributed by atoms with Gasteiger partial charge in [0.1, 0.15) is 4.88 Å². The zero-order valence-corrected chi connectivity index (χ0v) is 15.6. The van der Waals surface area contributed by atoms with Crippen molar-refractivity contribution in [3.05, 3.63) is 62.8 Å². The average molecular weight is 393 g/mol. The number of nitrogens with one attached hydrogen (secondary N) is 1. The van der Waals surface area contributed by atoms with Crippen LogP contribution >= 0.6 is 34.5 Å². The van der Waals surface area contributed by atoms with Crippen LogP contribution in [-0.4, -0.2) is 20.9 Å². The molecule has 0 spiro atoms. The number of hydrogen-bond acceptors (Lipinski definition) is 5. The summed E-state index contributed by atoms with van der Waals surface area (Å²) >= 11 is 13.3. The number of benzene rings is 1. The van der Waals surface area contributed by atoms with E-state index < -0.39 is 0 Å². The largest absolute Gasteiger partial charge is 0.347 e. The van der Waals surface area contributed by atoms with Crippen molar-refractivity contribution in [2.45, 2.75) is 19.9 Å². The minimum Gasteiger partial charge on any atom is -0.347 e. The first-order valence-corrected chi connectivity index (χ1v) is 9.15. The van der Waals surface area contributed by atoms with Crippen molar-refractivity contribution in [1.82, 2.24) is 20.3 Å². The first-order valence-electron chi connectivity index (χ1n) is 7.57. The quantitative estimate of drug-likeness (QED) is 0.698. The number of thiazole rings is 1. The zero-order valence-electron chi connectivity index (χ0n) is 13.3. The number of carbonyl (C=O) groups is 1. The van der Waals surface area contributed by atoms with Crippen molar-refractivity contribution in [3.63, 3.8) is 0 Å². The van der Waals surface area contributed by atoms with Gasteiger partial charge in [0.15, 0.2) is 10.8 Å². The van der Waals surface area contributed by atoms with E-state index >= 15 is 0 Å². The van der Waals surface area contributed by atoms with Gasteiger partial charge in [-0.1, -0.05) is 36.2 Å². The van der Waals surface area contributed by atoms with Crippen molar-refractivity contribution in [1.29, 1.82) is 0 Å². The van der Waals surface area contributed by atoms with E-state index in [1.807, 2.05) is 6.92 Å². The van der Waals surface area contributed by atoms with Gasteiger partial charge in [-0.05, 0) is 30.2 Å². The molecule has 0 radical (unpaired) electrons. The molecule has 1 amide bonds. The van der Waals surface area contributed by atoms with Gasteiger partial charge >= 0.3 is 0 Å². The number of aryl methyl sites for hydroxylation is 1. The standard InChI is InChI=1S/C17H14Cl2N4OS/c1-2-13-14(25-17(23-13)15-20-6-3-7-21-15)16(24)22-9-10-4-5-11(18)8-12(10)19/h3-8H,2,9H2,1H3,(H,22,24). The topological polar surface area (TPSA) is 67.8 Å². The van der Waals surface area contributed by atoms with Gasteiger partial charge in [0.05, 0.1) is 5.69 Å². The van der Waals surface area contributed by atoms with Crippen LogP contribution in [0.2, 0.25) is 10.0 Å². The number of rotatable bonds is 5. The van der Waals surface area contributed by atoms with E-state index in [1.165, 1.54) is 11.3 Å². The highest BCUT2D eigenvalue weighted by molar-refractivity contribution is 7.17. The van der Waals surface area contributed by atoms with Gasteiger partial charge in [0.25, 0.3) is 5.91 Å². The van der Waals surface area contributed by atoms with Crippen LogP contribution in [0.1, 0.15) is 27.9 Å². The molecule has 0 fully saturated rings. The van der Waals surface area contributed by atoms with Crippen molar-refractivity contribution < 1.29 is 4.79 Å². The number of hydrogen-bond donors (Lipinski definition) is 1. The second-order valence-electron chi connectivity index (χ2n) is 5.14. The first kappa shape index (κ1) is 17.8. The Bertz CT molecular complexity index is 899. The molecule has 0 unspecified atom stereocenters. The summed E-state index contributed by atoms with van der Waals surface area (Å²) in [5, 5.41) is 4.59. The smallest absolute Gasteiger partial charge is 0.263 e. The van der Waals surface area contributed by atoms with Gasteiger partial charge in [0, 0.05) is 29.0 Å². The first-order chi connectivity index (χ1) is 12.1. The number of halogens is 2. The highest BCUT2D eigenvalue weighted by atomic mass is 35.5. The maximum atomic E-state index is 12.6. The lowest BCUT2D eigenvalue weighted by Gasteiger charge is -2.07. The Hall–Kier alpha value is -2.02. The highest BCUT2D eigenvalue weighted by Gasteiger charge is 2.19. The Kier molecular flexibility index (Phi) is 5.63. The lowest BCUT2D eigenvalue weighted by atomic mass is 10.2. The van der Waals surface area contributed by atoms with Crippen molar-refractivity contribution in [2.75, 3.05) is 0 Å². The maximum Gasteiger partial charge on any atom is 0.263 e. The molecule has 0 saturated carbocycles. The molecule has 5 nitrogen and oxygen atoms in total. The summed E-state index contributed by atoms with van der Waals surface area (Å²) in [6.45, 7) is 2.27. The Balaban J connectivity index is 1.78. The van der Waals surface area contributed by atoms with Crippen LogP contribution < -0.4 is 5.32 Å². The van der Waals surface area contributed by atoms with Gasteiger partial charge in [-0.15, -0.1) is 11.3 Å². The average Bonchev–Trinajstić information content (AvgIpc) is 3.06. The molecule has 3 rings (SSSR count). The minimum atomic E-state index is -0.192. The summed E-state index contributed by atoms with van der Waals surface area (Å²) in [5.41, 5.74) is 1.53. The third-order valence-electron chi connectivity index (χ3n) is 3.45. The van der Waals surface area contributed by atoms with E-state index in [9.17, 15) is 4.79 Å². The zero-order chi connectivity index (χ0) is 17.8. The predicted octanol–water partition coefficient (Wildman–Crippen LogP) is 4.40. The van der Waals surface area contributed by atoms with Crippen LogP contribution in [0, 0.1) is 0 Å². The Morgan fingerprint density at radius 3 is 2.68 bits per heavy atom. The number of aromatic nitrogens is 3. The van der Waals surface area contributed by atoms with Crippen molar-refractivity contribution in [2.24, 2.45) is 0 Å². The van der Waals surface area contributed by atoms with Gasteiger partial charge in [-0.3, -0.25) is 4.79 Å². The molecule has 1 aromatic carbocycles. The number of carbonyl (C=O) groups excluding carboxylic acids is 1. The maximum absolute atomic E-state index is 12.6. The van der Waals surface area contributed by atoms with Crippen molar-refractivity contribution in [3.8, 4) is 10.8 Å². The third-order valence-corrected chi connectivity index (χ3v) is 5.13. The summed E-state index contributed by atoms with van der Waals surface area (Å²) in [5.74, 6) is 0.324. The van der Waals surface area contributed by atoms with E-state index in [1.54, 1.807) is 36.7 Å².